The van der Waals surface area contributed by atoms with Gasteiger partial charge in [-0.3, -0.25) is 0 Å². The Morgan fingerprint density at radius 2 is 2.00 bits per heavy atom. The summed E-state index contributed by atoms with van der Waals surface area (Å²) in [6, 6.07) is 0. The molecule has 0 saturated heterocycles. The van der Waals surface area contributed by atoms with Crippen molar-refractivity contribution in [2.24, 2.45) is 7.05 Å². The average molecular weight is 127 g/mol. The van der Waals surface area contributed by atoms with Crippen molar-refractivity contribution < 1.29 is 0 Å². The second-order valence-corrected chi connectivity index (χ2v) is 1.73. The second kappa shape index (κ2) is 5.31. The minimum absolute atomic E-state index is 1.75. The minimum Gasteiger partial charge on any atom is -0.341 e. The molecule has 0 radical (unpaired) electrons. The molecule has 0 unspecified atom stereocenters. The zero-order chi connectivity index (χ0) is 7.11. The lowest BCUT2D eigenvalue weighted by molar-refractivity contribution is 0.913. The molecule has 0 spiro atoms. The number of hydrogen-bond acceptors (Lipinski definition) is 2. The van der Waals surface area contributed by atoms with Crippen LogP contribution >= 0.6 is 0 Å². The zero-order valence-electron chi connectivity index (χ0n) is 6.13. The van der Waals surface area contributed by atoms with Crippen molar-refractivity contribution in [2.75, 3.05) is 14.1 Å². The lowest BCUT2D eigenvalue weighted by atomic mass is 10.9. The van der Waals surface area contributed by atoms with Crippen molar-refractivity contribution in [3.63, 3.8) is 0 Å². The third-order valence-corrected chi connectivity index (χ3v) is 0.637. The van der Waals surface area contributed by atoms with Crippen molar-refractivity contribution in [1.29, 1.82) is 0 Å². The first kappa shape index (κ1) is 8.17. The van der Waals surface area contributed by atoms with Gasteiger partial charge in [0.15, 0.2) is 0 Å². The molecule has 0 aliphatic heterocycles. The molecule has 3 heteroatoms. The maximum Gasteiger partial charge on any atom is 0.0943 e. The van der Waals surface area contributed by atoms with Crippen LogP contribution in [-0.4, -0.2) is 23.6 Å². The Hall–Kier alpha value is -0.830. The predicted octanol–water partition coefficient (Wildman–Crippen LogP) is 0.256. The van der Waals surface area contributed by atoms with Gasteiger partial charge in [0.2, 0.25) is 0 Å². The fourth-order valence-corrected chi connectivity index (χ4v) is 0.326. The topological polar surface area (TPSA) is 29.9 Å². The second-order valence-electron chi connectivity index (χ2n) is 1.73. The quantitative estimate of drug-likeness (QED) is 0.541. The summed E-state index contributed by atoms with van der Waals surface area (Å²) >= 11 is 0. The maximum absolute atomic E-state index is 3.78. The molecule has 0 saturated carbocycles. The lowest BCUT2D eigenvalue weighted by Crippen LogP contribution is -1.89. The van der Waals surface area contributed by atoms with Crippen molar-refractivity contribution in [3.05, 3.63) is 18.7 Å². The molecule has 0 fully saturated rings. The van der Waals surface area contributed by atoms with Gasteiger partial charge in [-0.15, -0.1) is 0 Å². The zero-order valence-corrected chi connectivity index (χ0v) is 6.13. The Bertz CT molecular complexity index is 123. The first-order valence-corrected chi connectivity index (χ1v) is 2.81. The number of nitrogens with zero attached hydrogens (tertiary/aromatic N) is 2. The van der Waals surface area contributed by atoms with Gasteiger partial charge in [0.25, 0.3) is 0 Å². The molecule has 3 nitrogen and oxygen atoms in total. The Kier molecular flexibility index (Phi) is 4.82. The SMILES string of the molecule is CNC.Cn1ccnc1. The van der Waals surface area contributed by atoms with Crippen LogP contribution in [0.15, 0.2) is 18.7 Å². The Labute approximate surface area is 55.7 Å². The van der Waals surface area contributed by atoms with Gasteiger partial charge in [0.05, 0.1) is 6.33 Å². The normalized spacial score (nSPS) is 7.89. The highest BCUT2D eigenvalue weighted by Gasteiger charge is 1.69. The van der Waals surface area contributed by atoms with Crippen molar-refractivity contribution >= 4 is 0 Å². The van der Waals surface area contributed by atoms with E-state index in [1.54, 1.807) is 12.5 Å². The van der Waals surface area contributed by atoms with Gasteiger partial charge in [-0.25, -0.2) is 4.98 Å². The highest BCUT2D eigenvalue weighted by molar-refractivity contribution is 4.70. The van der Waals surface area contributed by atoms with Gasteiger partial charge < -0.3 is 9.88 Å². The Morgan fingerprint density at radius 3 is 2.11 bits per heavy atom. The molecule has 9 heavy (non-hydrogen) atoms. The number of nitrogens with one attached hydrogen (secondary N) is 1. The van der Waals surface area contributed by atoms with Crippen molar-refractivity contribution in [3.8, 4) is 0 Å². The number of hydrogen-bond donors (Lipinski definition) is 1. The van der Waals surface area contributed by atoms with E-state index in [2.05, 4.69) is 10.3 Å². The van der Waals surface area contributed by atoms with Crippen LogP contribution in [0, 0.1) is 0 Å². The molecule has 1 rings (SSSR count). The summed E-state index contributed by atoms with van der Waals surface area (Å²) in [7, 11) is 5.69. The van der Waals surface area contributed by atoms with Gasteiger partial charge in [-0.1, -0.05) is 0 Å². The molecule has 0 bridgehead atoms. The largest absolute Gasteiger partial charge is 0.341 e. The van der Waals surface area contributed by atoms with E-state index >= 15 is 0 Å². The highest BCUT2D eigenvalue weighted by atomic mass is 15.0. The molecule has 1 heterocycles. The van der Waals surface area contributed by atoms with Crippen LogP contribution in [0.4, 0.5) is 0 Å². The molecule has 1 aromatic rings. The first-order valence-electron chi connectivity index (χ1n) is 2.81. The molecule has 0 amide bonds. The highest BCUT2D eigenvalue weighted by Crippen LogP contribution is 1.73. The van der Waals surface area contributed by atoms with E-state index in [0.717, 1.165) is 0 Å². The van der Waals surface area contributed by atoms with E-state index in [9.17, 15) is 0 Å². The van der Waals surface area contributed by atoms with Gasteiger partial charge in [0.1, 0.15) is 0 Å². The molecule has 0 aliphatic rings. The summed E-state index contributed by atoms with van der Waals surface area (Å²) in [6.07, 6.45) is 5.39. The van der Waals surface area contributed by atoms with E-state index in [-0.39, 0.29) is 0 Å². The lowest BCUT2D eigenvalue weighted by Gasteiger charge is -1.76. The summed E-state index contributed by atoms with van der Waals surface area (Å²) in [5.41, 5.74) is 0. The van der Waals surface area contributed by atoms with Gasteiger partial charge >= 0.3 is 0 Å². The summed E-state index contributed by atoms with van der Waals surface area (Å²) in [5, 5.41) is 2.75. The fraction of sp³-hybridized carbons (Fsp3) is 0.500. The standard InChI is InChI=1S/C4H6N2.C2H7N/c1-6-3-2-5-4-6;1-3-2/h2-4H,1H3;3H,1-2H3. The van der Waals surface area contributed by atoms with Crippen LogP contribution in [0.5, 0.6) is 0 Å². The Balaban J connectivity index is 0.000000187. The third kappa shape index (κ3) is 5.03. The molecular formula is C6H13N3. The van der Waals surface area contributed by atoms with E-state index in [1.807, 2.05) is 31.9 Å². The number of aryl methyl sites for hydroxylation is 1. The van der Waals surface area contributed by atoms with Gasteiger partial charge in [-0.05, 0) is 14.1 Å². The van der Waals surface area contributed by atoms with Crippen LogP contribution in [0.2, 0.25) is 0 Å². The van der Waals surface area contributed by atoms with E-state index in [0.29, 0.717) is 0 Å². The molecule has 1 aromatic heterocycles. The number of rotatable bonds is 0. The number of imidazole rings is 1. The molecule has 0 aromatic carbocycles. The van der Waals surface area contributed by atoms with E-state index in [1.165, 1.54) is 0 Å². The summed E-state index contributed by atoms with van der Waals surface area (Å²) in [6.45, 7) is 0. The molecule has 1 N–H and O–H groups in total. The van der Waals surface area contributed by atoms with E-state index < -0.39 is 0 Å². The Morgan fingerprint density at radius 1 is 1.44 bits per heavy atom. The maximum atomic E-state index is 3.78. The van der Waals surface area contributed by atoms with Crippen LogP contribution in [0.3, 0.4) is 0 Å². The van der Waals surface area contributed by atoms with Crippen molar-refractivity contribution in [2.45, 2.75) is 0 Å². The summed E-state index contributed by atoms with van der Waals surface area (Å²) in [4.78, 5) is 3.78. The van der Waals surface area contributed by atoms with Crippen LogP contribution in [0.25, 0.3) is 0 Å². The molecule has 52 valence electrons. The average Bonchev–Trinajstić information content (AvgIpc) is 2.20. The molecule has 0 aliphatic carbocycles. The minimum atomic E-state index is 1.75. The molecule has 0 atom stereocenters. The van der Waals surface area contributed by atoms with Crippen LogP contribution < -0.4 is 5.32 Å². The fourth-order valence-electron chi connectivity index (χ4n) is 0.326. The van der Waals surface area contributed by atoms with Gasteiger partial charge in [0, 0.05) is 19.4 Å². The van der Waals surface area contributed by atoms with Crippen LogP contribution in [0.1, 0.15) is 0 Å². The third-order valence-electron chi connectivity index (χ3n) is 0.637. The summed E-state index contributed by atoms with van der Waals surface area (Å²) in [5.74, 6) is 0. The monoisotopic (exact) mass is 127 g/mol. The van der Waals surface area contributed by atoms with Crippen molar-refractivity contribution in [1.82, 2.24) is 14.9 Å². The number of aromatic nitrogens is 2. The summed E-state index contributed by atoms with van der Waals surface area (Å²) < 4.78 is 1.89. The molecular weight excluding hydrogens is 114 g/mol. The predicted molar refractivity (Wildman–Crippen MR) is 38.2 cm³/mol. The first-order chi connectivity index (χ1) is 4.31. The van der Waals surface area contributed by atoms with E-state index in [4.69, 9.17) is 0 Å². The van der Waals surface area contributed by atoms with Crippen LogP contribution in [-0.2, 0) is 7.05 Å². The van der Waals surface area contributed by atoms with Gasteiger partial charge in [-0.2, -0.15) is 0 Å². The smallest absolute Gasteiger partial charge is 0.0943 e.